The molecule has 4 N–H and O–H groups in total. The van der Waals surface area contributed by atoms with Crippen molar-refractivity contribution in [3.05, 3.63) is 78.4 Å². The number of rotatable bonds is 7. The second-order valence-electron chi connectivity index (χ2n) is 8.01. The van der Waals surface area contributed by atoms with Crippen molar-refractivity contribution in [3.63, 3.8) is 0 Å². The molecule has 2 aromatic carbocycles. The Balaban J connectivity index is 1.33. The highest BCUT2D eigenvalue weighted by Gasteiger charge is 2.16. The summed E-state index contributed by atoms with van der Waals surface area (Å²) in [6, 6.07) is 15.5. The van der Waals surface area contributed by atoms with Crippen LogP contribution in [0.5, 0.6) is 5.75 Å². The Labute approximate surface area is 189 Å². The van der Waals surface area contributed by atoms with Crippen LogP contribution in [-0.2, 0) is 6.42 Å². The van der Waals surface area contributed by atoms with Crippen molar-refractivity contribution in [2.45, 2.75) is 19.4 Å². The van der Waals surface area contributed by atoms with Crippen LogP contribution in [0.25, 0.3) is 32.9 Å². The number of hydrogen-bond acceptors (Lipinski definition) is 4. The molecule has 0 aliphatic heterocycles. The summed E-state index contributed by atoms with van der Waals surface area (Å²) in [4.78, 5) is 18.9. The minimum atomic E-state index is -1.08. The molecule has 8 nitrogen and oxygen atoms in total. The summed E-state index contributed by atoms with van der Waals surface area (Å²) in [5.74, 6) is 0.577. The number of H-pyrrole nitrogens is 2. The minimum Gasteiger partial charge on any atom is -0.490 e. The lowest BCUT2D eigenvalue weighted by molar-refractivity contribution is 0.181. The second-order valence-corrected chi connectivity index (χ2v) is 8.01. The molecule has 0 radical (unpaired) electrons. The van der Waals surface area contributed by atoms with Crippen molar-refractivity contribution in [1.82, 2.24) is 25.5 Å². The highest BCUT2D eigenvalue weighted by Crippen LogP contribution is 2.27. The van der Waals surface area contributed by atoms with Crippen LogP contribution < -0.4 is 10.1 Å². The summed E-state index contributed by atoms with van der Waals surface area (Å²) in [7, 11) is 0. The van der Waals surface area contributed by atoms with Crippen LogP contribution in [0.4, 0.5) is 4.79 Å². The number of aryl methyl sites for hydroxylation is 1. The molecule has 0 fully saturated rings. The lowest BCUT2D eigenvalue weighted by atomic mass is 10.0. The number of hydrogen-bond donors (Lipinski definition) is 4. The van der Waals surface area contributed by atoms with E-state index in [0.717, 1.165) is 44.2 Å². The SMILES string of the molecule is Cc1[nH]nc2ccc(-c3cncc(OCC(Cc4c[nH]c5ccccc45)NC(=O)O)c3)cc12. The van der Waals surface area contributed by atoms with Gasteiger partial charge in [-0.3, -0.25) is 10.1 Å². The molecule has 3 heterocycles. The van der Waals surface area contributed by atoms with E-state index in [1.165, 1.54) is 0 Å². The van der Waals surface area contributed by atoms with Crippen molar-refractivity contribution in [3.8, 4) is 16.9 Å². The van der Waals surface area contributed by atoms with Crippen molar-refractivity contribution < 1.29 is 14.6 Å². The Hall–Kier alpha value is -4.33. The highest BCUT2D eigenvalue weighted by atomic mass is 16.5. The first-order chi connectivity index (χ1) is 16.1. The van der Waals surface area contributed by atoms with Gasteiger partial charge in [0.25, 0.3) is 0 Å². The number of pyridine rings is 1. The Kier molecular flexibility index (Phi) is 5.40. The predicted octanol–water partition coefficient (Wildman–Crippen LogP) is 4.67. The number of aromatic nitrogens is 4. The average molecular weight is 441 g/mol. The highest BCUT2D eigenvalue weighted by molar-refractivity contribution is 5.86. The van der Waals surface area contributed by atoms with Crippen LogP contribution >= 0.6 is 0 Å². The Morgan fingerprint density at radius 1 is 1.12 bits per heavy atom. The Morgan fingerprint density at radius 3 is 2.88 bits per heavy atom. The van der Waals surface area contributed by atoms with Gasteiger partial charge < -0.3 is 20.1 Å². The van der Waals surface area contributed by atoms with Gasteiger partial charge in [-0.2, -0.15) is 5.10 Å². The molecule has 33 heavy (non-hydrogen) atoms. The molecule has 0 spiro atoms. The number of benzene rings is 2. The van der Waals surface area contributed by atoms with Gasteiger partial charge in [0, 0.05) is 39.9 Å². The molecule has 5 aromatic rings. The standard InChI is InChI=1S/C25H23N5O3/c1-15-22-10-16(6-7-24(22)30-29-15)17-9-20(13-26-11-17)33-14-19(28-25(31)32)8-18-12-27-23-5-3-2-4-21(18)23/h2-7,9-13,19,27-28H,8,14H2,1H3,(H,29,30)(H,31,32). The largest absolute Gasteiger partial charge is 0.490 e. The molecule has 0 saturated heterocycles. The van der Waals surface area contributed by atoms with Gasteiger partial charge in [0.1, 0.15) is 12.4 Å². The molecular weight excluding hydrogens is 418 g/mol. The predicted molar refractivity (Wildman–Crippen MR) is 127 cm³/mol. The first-order valence-electron chi connectivity index (χ1n) is 10.6. The van der Waals surface area contributed by atoms with E-state index in [2.05, 4.69) is 31.5 Å². The van der Waals surface area contributed by atoms with Gasteiger partial charge in [0.15, 0.2) is 0 Å². The quantitative estimate of drug-likeness (QED) is 0.293. The van der Waals surface area contributed by atoms with Gasteiger partial charge in [-0.1, -0.05) is 24.3 Å². The smallest absolute Gasteiger partial charge is 0.405 e. The Bertz CT molecular complexity index is 1440. The number of nitrogens with zero attached hydrogens (tertiary/aromatic N) is 2. The summed E-state index contributed by atoms with van der Waals surface area (Å²) in [5, 5.41) is 21.3. The van der Waals surface area contributed by atoms with Crippen molar-refractivity contribution in [2.24, 2.45) is 0 Å². The van der Waals surface area contributed by atoms with Crippen molar-refractivity contribution >= 4 is 27.9 Å². The fourth-order valence-electron chi connectivity index (χ4n) is 4.06. The van der Waals surface area contributed by atoms with E-state index < -0.39 is 12.1 Å². The van der Waals surface area contributed by atoms with E-state index in [-0.39, 0.29) is 6.61 Å². The van der Waals surface area contributed by atoms with E-state index in [4.69, 9.17) is 4.74 Å². The lowest BCUT2D eigenvalue weighted by Crippen LogP contribution is -2.39. The summed E-state index contributed by atoms with van der Waals surface area (Å²) < 4.78 is 5.97. The van der Waals surface area contributed by atoms with Crippen molar-refractivity contribution in [1.29, 1.82) is 0 Å². The maximum Gasteiger partial charge on any atom is 0.405 e. The molecule has 0 saturated carbocycles. The lowest BCUT2D eigenvalue weighted by Gasteiger charge is -2.18. The van der Waals surface area contributed by atoms with Gasteiger partial charge in [0.05, 0.1) is 17.8 Å². The summed E-state index contributed by atoms with van der Waals surface area (Å²) >= 11 is 0. The number of amides is 1. The molecule has 5 rings (SSSR count). The minimum absolute atomic E-state index is 0.177. The zero-order valence-electron chi connectivity index (χ0n) is 18.0. The second kappa shape index (κ2) is 8.66. The third-order valence-corrected chi connectivity index (χ3v) is 5.71. The first-order valence-corrected chi connectivity index (χ1v) is 10.6. The van der Waals surface area contributed by atoms with E-state index in [0.29, 0.717) is 12.2 Å². The van der Waals surface area contributed by atoms with Gasteiger partial charge in [-0.05, 0) is 48.7 Å². The molecular formula is C25H23N5O3. The van der Waals surface area contributed by atoms with Crippen LogP contribution in [-0.4, -0.2) is 44.0 Å². The summed E-state index contributed by atoms with van der Waals surface area (Å²) in [6.07, 6.45) is 4.74. The maximum absolute atomic E-state index is 11.4. The topological polar surface area (TPSA) is 116 Å². The number of carboxylic acid groups (broad SMARTS) is 1. The first kappa shape index (κ1) is 20.6. The molecule has 1 unspecified atom stereocenters. The molecule has 0 aliphatic carbocycles. The molecule has 1 amide bonds. The average Bonchev–Trinajstić information content (AvgIpc) is 3.40. The number of carbonyl (C=O) groups is 1. The van der Waals surface area contributed by atoms with E-state index in [1.807, 2.05) is 55.6 Å². The molecule has 0 bridgehead atoms. The molecule has 8 heteroatoms. The normalized spacial score (nSPS) is 12.2. The molecule has 3 aromatic heterocycles. The van der Waals surface area contributed by atoms with E-state index in [1.54, 1.807) is 12.4 Å². The molecule has 166 valence electrons. The van der Waals surface area contributed by atoms with Gasteiger partial charge in [-0.15, -0.1) is 0 Å². The van der Waals surface area contributed by atoms with Crippen LogP contribution in [0.15, 0.2) is 67.1 Å². The third-order valence-electron chi connectivity index (χ3n) is 5.71. The van der Waals surface area contributed by atoms with Crippen molar-refractivity contribution in [2.75, 3.05) is 6.61 Å². The van der Waals surface area contributed by atoms with Crippen LogP contribution in [0, 0.1) is 6.92 Å². The number of nitrogens with one attached hydrogen (secondary N) is 3. The zero-order valence-corrected chi connectivity index (χ0v) is 18.0. The van der Waals surface area contributed by atoms with Crippen LogP contribution in [0.2, 0.25) is 0 Å². The zero-order chi connectivity index (χ0) is 22.8. The fourth-order valence-corrected chi connectivity index (χ4v) is 4.06. The van der Waals surface area contributed by atoms with Gasteiger partial charge >= 0.3 is 6.09 Å². The third kappa shape index (κ3) is 4.36. The number of aromatic amines is 2. The number of para-hydroxylation sites is 1. The molecule has 0 aliphatic rings. The Morgan fingerprint density at radius 2 is 2.00 bits per heavy atom. The monoisotopic (exact) mass is 441 g/mol. The summed E-state index contributed by atoms with van der Waals surface area (Å²) in [6.45, 7) is 2.16. The van der Waals surface area contributed by atoms with Gasteiger partial charge in [-0.25, -0.2) is 4.79 Å². The van der Waals surface area contributed by atoms with Gasteiger partial charge in [0.2, 0.25) is 0 Å². The van der Waals surface area contributed by atoms with Crippen LogP contribution in [0.3, 0.4) is 0 Å². The van der Waals surface area contributed by atoms with Crippen LogP contribution in [0.1, 0.15) is 11.3 Å². The summed E-state index contributed by atoms with van der Waals surface area (Å²) in [5.41, 5.74) is 5.88. The number of ether oxygens (including phenoxy) is 1. The van der Waals surface area contributed by atoms with E-state index in [9.17, 15) is 9.90 Å². The van der Waals surface area contributed by atoms with E-state index >= 15 is 0 Å². The fraction of sp³-hybridized carbons (Fsp3) is 0.160. The maximum atomic E-state index is 11.4. The number of fused-ring (bicyclic) bond motifs is 2. The molecule has 1 atom stereocenters.